The normalized spacial score (nSPS) is 15.4. The van der Waals surface area contributed by atoms with Crippen LogP contribution in [0.5, 0.6) is 0 Å². The van der Waals surface area contributed by atoms with Gasteiger partial charge in [-0.05, 0) is 44.0 Å². The van der Waals surface area contributed by atoms with Crippen molar-refractivity contribution in [3.05, 3.63) is 53.2 Å². The number of guanidine groups is 1. The second kappa shape index (κ2) is 12.4. The van der Waals surface area contributed by atoms with Crippen LogP contribution in [-0.2, 0) is 25.0 Å². The maximum absolute atomic E-state index is 5.88. The van der Waals surface area contributed by atoms with Gasteiger partial charge in [0.2, 0.25) is 5.89 Å². The summed E-state index contributed by atoms with van der Waals surface area (Å²) in [6.07, 6.45) is 5.80. The third-order valence-corrected chi connectivity index (χ3v) is 5.41. The number of halogens is 1. The minimum Gasteiger partial charge on any atom is -0.443 e. The van der Waals surface area contributed by atoms with E-state index in [2.05, 4.69) is 72.5 Å². The second-order valence-electron chi connectivity index (χ2n) is 9.02. The van der Waals surface area contributed by atoms with Crippen LogP contribution >= 0.6 is 24.0 Å². The van der Waals surface area contributed by atoms with Crippen LogP contribution in [0.25, 0.3) is 0 Å². The highest BCUT2D eigenvalue weighted by Crippen LogP contribution is 2.22. The van der Waals surface area contributed by atoms with Gasteiger partial charge in [-0.1, -0.05) is 51.5 Å². The molecule has 1 fully saturated rings. The lowest BCUT2D eigenvalue weighted by atomic mass is 9.94. The number of hydrogen-bond acceptors (Lipinski definition) is 4. The molecule has 0 atom stereocenters. The number of oxazole rings is 1. The monoisotopic (exact) mass is 539 g/mol. The molecule has 1 aromatic heterocycles. The Hall–Kier alpha value is -1.61. The van der Waals surface area contributed by atoms with E-state index in [4.69, 9.17) is 9.41 Å². The maximum atomic E-state index is 5.88. The molecule has 0 unspecified atom stereocenters. The fourth-order valence-electron chi connectivity index (χ4n) is 3.63. The third-order valence-electron chi connectivity index (χ3n) is 5.41. The van der Waals surface area contributed by atoms with Crippen LogP contribution in [-0.4, -0.2) is 35.5 Å². The van der Waals surface area contributed by atoms with Crippen LogP contribution in [0.1, 0.15) is 69.7 Å². The Morgan fingerprint density at radius 3 is 2.45 bits per heavy atom. The summed E-state index contributed by atoms with van der Waals surface area (Å²) >= 11 is 0. The number of aliphatic imine (C=N–C) groups is 1. The molecule has 1 aromatic carbocycles. The van der Waals surface area contributed by atoms with Crippen LogP contribution in [0.3, 0.4) is 0 Å². The van der Waals surface area contributed by atoms with E-state index in [0.29, 0.717) is 19.0 Å². The van der Waals surface area contributed by atoms with Gasteiger partial charge in [0.05, 0.1) is 19.3 Å². The number of aromatic nitrogens is 1. The topological polar surface area (TPSA) is 65.7 Å². The molecular weight excluding hydrogens is 501 g/mol. The molecule has 2 aromatic rings. The first-order valence-electron chi connectivity index (χ1n) is 11.2. The minimum absolute atomic E-state index is 0. The SMILES string of the molecule is CCNC(=NCc1ccccc1CN1CCCCC1)NCc1ncc(C(C)(C)C)o1.I. The van der Waals surface area contributed by atoms with Crippen molar-refractivity contribution in [2.75, 3.05) is 19.6 Å². The quantitative estimate of drug-likeness (QED) is 0.300. The van der Waals surface area contributed by atoms with Crippen LogP contribution in [0.4, 0.5) is 0 Å². The summed E-state index contributed by atoms with van der Waals surface area (Å²) in [6, 6.07) is 8.66. The summed E-state index contributed by atoms with van der Waals surface area (Å²) in [5, 5.41) is 6.67. The predicted octanol–water partition coefficient (Wildman–Crippen LogP) is 4.83. The van der Waals surface area contributed by atoms with Crippen molar-refractivity contribution in [1.82, 2.24) is 20.5 Å². The van der Waals surface area contributed by atoms with Crippen molar-refractivity contribution in [2.45, 2.75) is 72.0 Å². The molecule has 31 heavy (non-hydrogen) atoms. The van der Waals surface area contributed by atoms with Gasteiger partial charge < -0.3 is 15.1 Å². The Morgan fingerprint density at radius 2 is 1.81 bits per heavy atom. The molecule has 0 radical (unpaired) electrons. The Kier molecular flexibility index (Phi) is 10.3. The molecule has 1 saturated heterocycles. The fraction of sp³-hybridized carbons (Fsp3) is 0.583. The van der Waals surface area contributed by atoms with Crippen LogP contribution in [0.15, 0.2) is 39.9 Å². The highest BCUT2D eigenvalue weighted by atomic mass is 127. The summed E-state index contributed by atoms with van der Waals surface area (Å²) in [5.41, 5.74) is 2.62. The number of piperidine rings is 1. The van der Waals surface area contributed by atoms with Gasteiger partial charge in [-0.3, -0.25) is 4.90 Å². The van der Waals surface area contributed by atoms with Gasteiger partial charge in [-0.15, -0.1) is 24.0 Å². The van der Waals surface area contributed by atoms with E-state index in [1.165, 1.54) is 43.5 Å². The zero-order valence-corrected chi connectivity index (χ0v) is 21.7. The molecule has 1 aliphatic heterocycles. The summed E-state index contributed by atoms with van der Waals surface area (Å²) in [5.74, 6) is 2.35. The van der Waals surface area contributed by atoms with Gasteiger partial charge in [0.25, 0.3) is 0 Å². The first kappa shape index (κ1) is 25.6. The first-order chi connectivity index (χ1) is 14.5. The molecule has 2 heterocycles. The van der Waals surface area contributed by atoms with Gasteiger partial charge in [0, 0.05) is 18.5 Å². The van der Waals surface area contributed by atoms with Gasteiger partial charge in [0.1, 0.15) is 5.76 Å². The number of rotatable bonds is 7. The molecule has 6 nitrogen and oxygen atoms in total. The van der Waals surface area contributed by atoms with Crippen molar-refractivity contribution < 1.29 is 4.42 Å². The van der Waals surface area contributed by atoms with E-state index in [1.807, 2.05) is 6.20 Å². The summed E-state index contributed by atoms with van der Waals surface area (Å²) < 4.78 is 5.88. The van der Waals surface area contributed by atoms with Gasteiger partial charge in [-0.25, -0.2) is 9.98 Å². The molecule has 3 rings (SSSR count). The number of hydrogen-bond donors (Lipinski definition) is 2. The zero-order chi connectivity index (χ0) is 21.4. The van der Waals surface area contributed by atoms with Gasteiger partial charge in [0.15, 0.2) is 5.96 Å². The predicted molar refractivity (Wildman–Crippen MR) is 138 cm³/mol. The van der Waals surface area contributed by atoms with E-state index < -0.39 is 0 Å². The van der Waals surface area contributed by atoms with Crippen molar-refractivity contribution in [3.63, 3.8) is 0 Å². The maximum Gasteiger partial charge on any atom is 0.213 e. The Bertz CT molecular complexity index is 821. The van der Waals surface area contributed by atoms with Crippen LogP contribution < -0.4 is 10.6 Å². The summed E-state index contributed by atoms with van der Waals surface area (Å²) in [4.78, 5) is 11.8. The lowest BCUT2D eigenvalue weighted by Gasteiger charge is -2.27. The Labute approximate surface area is 204 Å². The molecule has 0 aliphatic carbocycles. The standard InChI is InChI=1S/C24H37N5O.HI/c1-5-25-23(28-17-22-26-16-21(30-22)24(2,3)4)27-15-19-11-7-8-12-20(19)18-29-13-9-6-10-14-29;/h7-8,11-12,16H,5-6,9-10,13-15,17-18H2,1-4H3,(H2,25,27,28);1H. The second-order valence-corrected chi connectivity index (χ2v) is 9.02. The average molecular weight is 540 g/mol. The number of nitrogens with one attached hydrogen (secondary N) is 2. The molecular formula is C24H38IN5O. The Balaban J connectivity index is 0.00000341. The molecule has 0 amide bonds. The van der Waals surface area contributed by atoms with E-state index in [9.17, 15) is 0 Å². The molecule has 7 heteroatoms. The molecule has 2 N–H and O–H groups in total. The Morgan fingerprint density at radius 1 is 1.10 bits per heavy atom. The van der Waals surface area contributed by atoms with Gasteiger partial charge in [-0.2, -0.15) is 0 Å². The van der Waals surface area contributed by atoms with Crippen molar-refractivity contribution in [1.29, 1.82) is 0 Å². The zero-order valence-electron chi connectivity index (χ0n) is 19.4. The minimum atomic E-state index is -0.0398. The molecule has 0 spiro atoms. The highest BCUT2D eigenvalue weighted by Gasteiger charge is 2.19. The molecule has 0 bridgehead atoms. The summed E-state index contributed by atoms with van der Waals surface area (Å²) in [7, 11) is 0. The van der Waals surface area contributed by atoms with E-state index in [1.54, 1.807) is 0 Å². The van der Waals surface area contributed by atoms with E-state index >= 15 is 0 Å². The largest absolute Gasteiger partial charge is 0.443 e. The lowest BCUT2D eigenvalue weighted by Crippen LogP contribution is -2.37. The lowest BCUT2D eigenvalue weighted by molar-refractivity contribution is 0.220. The van der Waals surface area contributed by atoms with Crippen molar-refractivity contribution in [2.24, 2.45) is 4.99 Å². The average Bonchev–Trinajstić information content (AvgIpc) is 3.21. The molecule has 172 valence electrons. The van der Waals surface area contributed by atoms with Crippen molar-refractivity contribution in [3.8, 4) is 0 Å². The smallest absolute Gasteiger partial charge is 0.213 e. The molecule has 0 saturated carbocycles. The number of likely N-dealkylation sites (tertiary alicyclic amines) is 1. The van der Waals surface area contributed by atoms with Crippen LogP contribution in [0, 0.1) is 0 Å². The summed E-state index contributed by atoms with van der Waals surface area (Å²) in [6.45, 7) is 13.8. The van der Waals surface area contributed by atoms with Crippen LogP contribution in [0.2, 0.25) is 0 Å². The van der Waals surface area contributed by atoms with Gasteiger partial charge >= 0.3 is 0 Å². The first-order valence-corrected chi connectivity index (χ1v) is 11.2. The fourth-order valence-corrected chi connectivity index (χ4v) is 3.63. The highest BCUT2D eigenvalue weighted by molar-refractivity contribution is 14.0. The molecule has 1 aliphatic rings. The number of benzene rings is 1. The third kappa shape index (κ3) is 8.11. The number of nitrogens with zero attached hydrogens (tertiary/aromatic N) is 3. The van der Waals surface area contributed by atoms with Crippen molar-refractivity contribution >= 4 is 29.9 Å². The van der Waals surface area contributed by atoms with E-state index in [0.717, 1.165) is 24.8 Å². The van der Waals surface area contributed by atoms with E-state index in [-0.39, 0.29) is 29.4 Å².